The maximum atomic E-state index is 12.0. The first-order valence-corrected chi connectivity index (χ1v) is 6.39. The van der Waals surface area contributed by atoms with Gasteiger partial charge in [0.05, 0.1) is 24.8 Å². The number of nitrogens with zero attached hydrogens (tertiary/aromatic N) is 3. The van der Waals surface area contributed by atoms with Crippen molar-refractivity contribution in [1.29, 1.82) is 5.26 Å². The van der Waals surface area contributed by atoms with E-state index in [1.807, 2.05) is 18.4 Å². The number of nitrogens with one attached hydrogen (secondary N) is 1. The van der Waals surface area contributed by atoms with Crippen LogP contribution in [0.15, 0.2) is 5.38 Å². The van der Waals surface area contributed by atoms with Crippen molar-refractivity contribution in [2.75, 3.05) is 32.1 Å². The topological polar surface area (TPSA) is 78.2 Å². The summed E-state index contributed by atoms with van der Waals surface area (Å²) in [6.45, 7) is 3.14. The molecule has 1 heterocycles. The van der Waals surface area contributed by atoms with Crippen LogP contribution < -0.4 is 5.32 Å². The van der Waals surface area contributed by atoms with E-state index < -0.39 is 0 Å². The molecule has 0 bridgehead atoms. The minimum Gasteiger partial charge on any atom is -0.383 e. The van der Waals surface area contributed by atoms with Crippen LogP contribution in [-0.4, -0.2) is 42.7 Å². The Labute approximate surface area is 110 Å². The van der Waals surface area contributed by atoms with Crippen molar-refractivity contribution in [2.45, 2.75) is 13.3 Å². The second-order valence-corrected chi connectivity index (χ2v) is 4.47. The van der Waals surface area contributed by atoms with Crippen LogP contribution in [0.5, 0.6) is 0 Å². The highest BCUT2D eigenvalue weighted by Gasteiger charge is 2.14. The molecule has 0 spiro atoms. The fraction of sp³-hybridized carbons (Fsp3) is 0.545. The first-order valence-electron chi connectivity index (χ1n) is 5.51. The number of hydrogen-bond acceptors (Lipinski definition) is 5. The number of thiazole rings is 1. The zero-order chi connectivity index (χ0) is 13.4. The summed E-state index contributed by atoms with van der Waals surface area (Å²) in [5.41, 5.74) is 0.871. The minimum absolute atomic E-state index is 0.253. The standard InChI is InChI=1S/C11H16N4O2S/c1-9-8-18-10(13-9)14-11(16)15(5-3-4-12)6-7-17-2/h8H,3,5-7H2,1-2H3,(H,13,14,16). The van der Waals surface area contributed by atoms with Crippen LogP contribution in [0.1, 0.15) is 12.1 Å². The lowest BCUT2D eigenvalue weighted by Gasteiger charge is -2.20. The van der Waals surface area contributed by atoms with Crippen molar-refractivity contribution in [1.82, 2.24) is 9.88 Å². The Bertz CT molecular complexity index is 427. The quantitative estimate of drug-likeness (QED) is 0.854. The molecular formula is C11H16N4O2S. The molecule has 0 fully saturated rings. The van der Waals surface area contributed by atoms with Crippen LogP contribution in [0, 0.1) is 18.3 Å². The van der Waals surface area contributed by atoms with Gasteiger partial charge in [0, 0.05) is 25.6 Å². The summed E-state index contributed by atoms with van der Waals surface area (Å²) in [5, 5.41) is 13.7. The summed E-state index contributed by atoms with van der Waals surface area (Å²) in [4.78, 5) is 17.7. The number of urea groups is 1. The van der Waals surface area contributed by atoms with E-state index in [1.54, 1.807) is 12.0 Å². The van der Waals surface area contributed by atoms with Gasteiger partial charge in [-0.05, 0) is 6.92 Å². The third-order valence-corrected chi connectivity index (χ3v) is 3.05. The molecule has 0 aliphatic rings. The van der Waals surface area contributed by atoms with Gasteiger partial charge in [0.15, 0.2) is 5.13 Å². The number of amides is 2. The highest BCUT2D eigenvalue weighted by atomic mass is 32.1. The van der Waals surface area contributed by atoms with Gasteiger partial charge in [0.1, 0.15) is 0 Å². The fourth-order valence-corrected chi connectivity index (χ4v) is 1.96. The van der Waals surface area contributed by atoms with Crippen LogP contribution >= 0.6 is 11.3 Å². The van der Waals surface area contributed by atoms with Crippen LogP contribution in [-0.2, 0) is 4.74 Å². The van der Waals surface area contributed by atoms with Crippen LogP contribution in [0.3, 0.4) is 0 Å². The van der Waals surface area contributed by atoms with Gasteiger partial charge in [0.25, 0.3) is 0 Å². The number of aryl methyl sites for hydroxylation is 1. The number of anilines is 1. The van der Waals surface area contributed by atoms with Gasteiger partial charge < -0.3 is 9.64 Å². The lowest BCUT2D eigenvalue weighted by Crippen LogP contribution is -2.37. The Kier molecular flexibility index (Phi) is 6.11. The van der Waals surface area contributed by atoms with Gasteiger partial charge in [-0.2, -0.15) is 5.26 Å². The first kappa shape index (κ1) is 14.4. The second kappa shape index (κ2) is 7.63. The molecule has 1 rings (SSSR count). The number of carbonyl (C=O) groups excluding carboxylic acids is 1. The Morgan fingerprint density at radius 3 is 3.00 bits per heavy atom. The van der Waals surface area contributed by atoms with Crippen molar-refractivity contribution < 1.29 is 9.53 Å². The summed E-state index contributed by atoms with van der Waals surface area (Å²) >= 11 is 1.38. The van der Waals surface area contributed by atoms with Crippen molar-refractivity contribution in [3.05, 3.63) is 11.1 Å². The molecule has 1 aromatic heterocycles. The normalized spacial score (nSPS) is 9.83. The summed E-state index contributed by atoms with van der Waals surface area (Å²) in [5.74, 6) is 0. The molecule has 7 heteroatoms. The summed E-state index contributed by atoms with van der Waals surface area (Å²) < 4.78 is 4.94. The highest BCUT2D eigenvalue weighted by molar-refractivity contribution is 7.13. The molecule has 0 aromatic carbocycles. The van der Waals surface area contributed by atoms with Crippen LogP contribution in [0.4, 0.5) is 9.93 Å². The molecule has 18 heavy (non-hydrogen) atoms. The van der Waals surface area contributed by atoms with Gasteiger partial charge in [-0.1, -0.05) is 0 Å². The van der Waals surface area contributed by atoms with Gasteiger partial charge in [-0.15, -0.1) is 11.3 Å². The van der Waals surface area contributed by atoms with E-state index in [0.29, 0.717) is 31.2 Å². The maximum Gasteiger partial charge on any atom is 0.323 e. The van der Waals surface area contributed by atoms with Gasteiger partial charge in [-0.3, -0.25) is 5.32 Å². The molecule has 0 unspecified atom stereocenters. The lowest BCUT2D eigenvalue weighted by atomic mass is 10.4. The predicted molar refractivity (Wildman–Crippen MR) is 69.5 cm³/mol. The summed E-state index contributed by atoms with van der Waals surface area (Å²) in [6, 6.07) is 1.77. The number of rotatable bonds is 6. The van der Waals surface area contributed by atoms with Crippen molar-refractivity contribution in [3.63, 3.8) is 0 Å². The number of hydrogen-bond donors (Lipinski definition) is 1. The average molecular weight is 268 g/mol. The molecule has 0 aliphatic carbocycles. The molecule has 0 saturated carbocycles. The molecule has 1 N–H and O–H groups in total. The van der Waals surface area contributed by atoms with Gasteiger partial charge in [-0.25, -0.2) is 9.78 Å². The molecule has 2 amide bonds. The van der Waals surface area contributed by atoms with E-state index in [2.05, 4.69) is 10.3 Å². The summed E-state index contributed by atoms with van der Waals surface area (Å²) in [7, 11) is 1.57. The number of methoxy groups -OCH3 is 1. The van der Waals surface area contributed by atoms with E-state index in [1.165, 1.54) is 11.3 Å². The van der Waals surface area contributed by atoms with E-state index in [4.69, 9.17) is 10.00 Å². The Morgan fingerprint density at radius 2 is 2.44 bits per heavy atom. The Morgan fingerprint density at radius 1 is 1.67 bits per heavy atom. The average Bonchev–Trinajstić information content (AvgIpc) is 2.75. The zero-order valence-corrected chi connectivity index (χ0v) is 11.3. The maximum absolute atomic E-state index is 12.0. The molecular weight excluding hydrogens is 252 g/mol. The number of ether oxygens (including phenoxy) is 1. The minimum atomic E-state index is -0.253. The highest BCUT2D eigenvalue weighted by Crippen LogP contribution is 2.14. The molecule has 1 aromatic rings. The SMILES string of the molecule is COCCN(CCC#N)C(=O)Nc1nc(C)cs1. The Balaban J connectivity index is 2.55. The van der Waals surface area contributed by atoms with Crippen LogP contribution in [0.25, 0.3) is 0 Å². The molecule has 0 radical (unpaired) electrons. The van der Waals surface area contributed by atoms with Gasteiger partial charge in [0.2, 0.25) is 0 Å². The smallest absolute Gasteiger partial charge is 0.323 e. The van der Waals surface area contributed by atoms with Crippen molar-refractivity contribution in [2.24, 2.45) is 0 Å². The number of carbonyl (C=O) groups is 1. The second-order valence-electron chi connectivity index (χ2n) is 3.61. The molecule has 0 aliphatic heterocycles. The monoisotopic (exact) mass is 268 g/mol. The van der Waals surface area contributed by atoms with E-state index in [9.17, 15) is 4.79 Å². The molecule has 6 nitrogen and oxygen atoms in total. The number of aromatic nitrogens is 1. The van der Waals surface area contributed by atoms with E-state index in [0.717, 1.165) is 5.69 Å². The molecule has 0 atom stereocenters. The summed E-state index contributed by atoms with van der Waals surface area (Å²) in [6.07, 6.45) is 0.300. The fourth-order valence-electron chi connectivity index (χ4n) is 1.28. The van der Waals surface area contributed by atoms with E-state index in [-0.39, 0.29) is 6.03 Å². The van der Waals surface area contributed by atoms with Crippen LogP contribution in [0.2, 0.25) is 0 Å². The number of nitriles is 1. The third-order valence-electron chi connectivity index (χ3n) is 2.18. The third kappa shape index (κ3) is 4.69. The zero-order valence-electron chi connectivity index (χ0n) is 10.5. The van der Waals surface area contributed by atoms with Crippen molar-refractivity contribution >= 4 is 22.5 Å². The van der Waals surface area contributed by atoms with Crippen molar-refractivity contribution in [3.8, 4) is 6.07 Å². The largest absolute Gasteiger partial charge is 0.383 e. The Hall–Kier alpha value is -1.65. The van der Waals surface area contributed by atoms with Gasteiger partial charge >= 0.3 is 6.03 Å². The molecule has 98 valence electrons. The first-order chi connectivity index (χ1) is 8.67. The lowest BCUT2D eigenvalue weighted by molar-refractivity contribution is 0.156. The van der Waals surface area contributed by atoms with E-state index >= 15 is 0 Å². The molecule has 0 saturated heterocycles. The predicted octanol–water partition coefficient (Wildman–Crippen LogP) is 1.85.